The van der Waals surface area contributed by atoms with Crippen molar-refractivity contribution in [1.82, 2.24) is 9.97 Å². The van der Waals surface area contributed by atoms with Crippen molar-refractivity contribution in [2.24, 2.45) is 0 Å². The van der Waals surface area contributed by atoms with Gasteiger partial charge >= 0.3 is 0 Å². The zero-order chi connectivity index (χ0) is 22.6. The van der Waals surface area contributed by atoms with Crippen LogP contribution < -0.4 is 5.32 Å². The Kier molecular flexibility index (Phi) is 6.38. The third-order valence-corrected chi connectivity index (χ3v) is 7.50. The van der Waals surface area contributed by atoms with Gasteiger partial charge < -0.3 is 5.32 Å². The molecule has 2 heterocycles. The molecule has 2 aromatic carbocycles. The summed E-state index contributed by atoms with van der Waals surface area (Å²) in [6, 6.07) is 18.7. The van der Waals surface area contributed by atoms with Crippen LogP contribution in [0.15, 0.2) is 58.9 Å². The van der Waals surface area contributed by atoms with Crippen molar-refractivity contribution in [2.75, 3.05) is 11.1 Å². The highest BCUT2D eigenvalue weighted by Gasteiger charge is 2.16. The Morgan fingerprint density at radius 2 is 1.94 bits per heavy atom. The average Bonchev–Trinajstić information content (AvgIpc) is 3.31. The zero-order valence-electron chi connectivity index (χ0n) is 18.0. The average molecular weight is 471 g/mol. The van der Waals surface area contributed by atoms with Gasteiger partial charge in [-0.2, -0.15) is 5.26 Å². The number of hydrogen-bond acceptors (Lipinski definition) is 6. The molecule has 0 bridgehead atoms. The molecule has 2 aromatic heterocycles. The molecule has 1 N–H and O–H groups in total. The third-order valence-electron chi connectivity index (χ3n) is 5.75. The van der Waals surface area contributed by atoms with E-state index in [0.29, 0.717) is 22.9 Å². The van der Waals surface area contributed by atoms with Crippen LogP contribution in [-0.4, -0.2) is 21.6 Å². The van der Waals surface area contributed by atoms with E-state index in [0.717, 1.165) is 53.0 Å². The SMILES string of the molecule is N#Cc1cc2c(nc1SCCC(=O)Nc1nc(-c3ccc4ccccc4c3)cs1)CCCC2. The number of carbonyl (C=O) groups excluding carboxylic acids is 1. The fourth-order valence-corrected chi connectivity index (χ4v) is 5.69. The first-order valence-electron chi connectivity index (χ1n) is 11.0. The summed E-state index contributed by atoms with van der Waals surface area (Å²) < 4.78 is 0. The van der Waals surface area contributed by atoms with Crippen LogP contribution in [0.1, 0.15) is 36.1 Å². The van der Waals surface area contributed by atoms with Gasteiger partial charge in [0.05, 0.1) is 11.3 Å². The predicted octanol–water partition coefficient (Wildman–Crippen LogP) is 6.23. The van der Waals surface area contributed by atoms with Gasteiger partial charge in [-0.3, -0.25) is 4.79 Å². The molecule has 4 aromatic rings. The summed E-state index contributed by atoms with van der Waals surface area (Å²) in [5, 5.41) is 18.0. The second kappa shape index (κ2) is 9.74. The number of amides is 1. The van der Waals surface area contributed by atoms with Gasteiger partial charge in [-0.15, -0.1) is 23.1 Å². The number of nitrogens with zero attached hydrogens (tertiary/aromatic N) is 3. The number of pyridine rings is 1. The Morgan fingerprint density at radius 3 is 2.82 bits per heavy atom. The second-order valence-electron chi connectivity index (χ2n) is 8.01. The zero-order valence-corrected chi connectivity index (χ0v) is 19.6. The standard InChI is InChI=1S/C26H22N4OS2/c27-15-21-14-19-7-3-4-8-22(19)28-25(21)32-12-11-24(31)30-26-29-23(16-33-26)20-10-9-17-5-1-2-6-18(17)13-20/h1-2,5-6,9-10,13-14,16H,3-4,7-8,11-12H2,(H,29,30,31). The molecule has 0 radical (unpaired) electrons. The summed E-state index contributed by atoms with van der Waals surface area (Å²) in [4.78, 5) is 21.8. The largest absolute Gasteiger partial charge is 0.302 e. The number of carbonyl (C=O) groups is 1. The number of rotatable bonds is 6. The summed E-state index contributed by atoms with van der Waals surface area (Å²) >= 11 is 2.90. The van der Waals surface area contributed by atoms with Crippen molar-refractivity contribution in [3.05, 3.63) is 70.7 Å². The lowest BCUT2D eigenvalue weighted by Crippen LogP contribution is -2.12. The molecule has 1 aliphatic carbocycles. The molecule has 0 atom stereocenters. The third kappa shape index (κ3) is 4.92. The Bertz CT molecular complexity index is 1370. The van der Waals surface area contributed by atoms with Gasteiger partial charge in [-0.1, -0.05) is 36.4 Å². The Labute approximate surface area is 200 Å². The van der Waals surface area contributed by atoms with Gasteiger partial charge in [0.25, 0.3) is 0 Å². The van der Waals surface area contributed by atoms with E-state index in [-0.39, 0.29) is 5.91 Å². The van der Waals surface area contributed by atoms with E-state index in [1.54, 1.807) is 0 Å². The van der Waals surface area contributed by atoms with Crippen molar-refractivity contribution in [3.63, 3.8) is 0 Å². The molecule has 33 heavy (non-hydrogen) atoms. The van der Waals surface area contributed by atoms with E-state index in [2.05, 4.69) is 46.7 Å². The summed E-state index contributed by atoms with van der Waals surface area (Å²) in [7, 11) is 0. The molecule has 7 heteroatoms. The number of thiazole rings is 1. The number of thioether (sulfide) groups is 1. The number of fused-ring (bicyclic) bond motifs is 2. The molecular formula is C26H22N4OS2. The van der Waals surface area contributed by atoms with Crippen LogP contribution in [0.25, 0.3) is 22.0 Å². The minimum absolute atomic E-state index is 0.0848. The van der Waals surface area contributed by atoms with Crippen molar-refractivity contribution < 1.29 is 4.79 Å². The van der Waals surface area contributed by atoms with Crippen molar-refractivity contribution in [2.45, 2.75) is 37.1 Å². The highest BCUT2D eigenvalue weighted by molar-refractivity contribution is 7.99. The monoisotopic (exact) mass is 470 g/mol. The van der Waals surface area contributed by atoms with E-state index < -0.39 is 0 Å². The molecule has 5 nitrogen and oxygen atoms in total. The molecular weight excluding hydrogens is 448 g/mol. The summed E-state index contributed by atoms with van der Waals surface area (Å²) in [5.41, 5.74) is 4.80. The smallest absolute Gasteiger partial charge is 0.226 e. The number of hydrogen-bond donors (Lipinski definition) is 1. The fraction of sp³-hybridized carbons (Fsp3) is 0.231. The van der Waals surface area contributed by atoms with E-state index in [9.17, 15) is 10.1 Å². The Balaban J connectivity index is 1.19. The van der Waals surface area contributed by atoms with Crippen molar-refractivity contribution in [1.29, 1.82) is 5.26 Å². The first-order chi connectivity index (χ1) is 16.2. The normalized spacial score (nSPS) is 12.8. The van der Waals surface area contributed by atoms with E-state index in [4.69, 9.17) is 4.98 Å². The van der Waals surface area contributed by atoms with E-state index in [1.165, 1.54) is 34.0 Å². The molecule has 0 spiro atoms. The maximum Gasteiger partial charge on any atom is 0.226 e. The van der Waals surface area contributed by atoms with Crippen LogP contribution in [0.4, 0.5) is 5.13 Å². The summed E-state index contributed by atoms with van der Waals surface area (Å²) in [6.07, 6.45) is 4.61. The molecule has 0 unspecified atom stereocenters. The lowest BCUT2D eigenvalue weighted by Gasteiger charge is -2.16. The Morgan fingerprint density at radius 1 is 1.09 bits per heavy atom. The van der Waals surface area contributed by atoms with Crippen LogP contribution in [0.3, 0.4) is 0 Å². The topological polar surface area (TPSA) is 78.7 Å². The Hall–Kier alpha value is -3.21. The van der Waals surface area contributed by atoms with Gasteiger partial charge in [-0.25, -0.2) is 9.97 Å². The van der Waals surface area contributed by atoms with Crippen LogP contribution in [0.5, 0.6) is 0 Å². The number of aryl methyl sites for hydroxylation is 2. The number of aromatic nitrogens is 2. The second-order valence-corrected chi connectivity index (χ2v) is 9.95. The first-order valence-corrected chi connectivity index (χ1v) is 12.9. The lowest BCUT2D eigenvalue weighted by molar-refractivity contribution is -0.115. The molecule has 5 rings (SSSR count). The maximum atomic E-state index is 12.5. The fourth-order valence-electron chi connectivity index (χ4n) is 4.04. The van der Waals surface area contributed by atoms with Crippen molar-refractivity contribution >= 4 is 44.9 Å². The van der Waals surface area contributed by atoms with E-state index in [1.807, 2.05) is 23.6 Å². The van der Waals surface area contributed by atoms with Crippen molar-refractivity contribution in [3.8, 4) is 17.3 Å². The summed E-state index contributed by atoms with van der Waals surface area (Å²) in [6.45, 7) is 0. The van der Waals surface area contributed by atoms with Crippen LogP contribution in [0, 0.1) is 11.3 Å². The van der Waals surface area contributed by atoms with Crippen LogP contribution in [0.2, 0.25) is 0 Å². The maximum absolute atomic E-state index is 12.5. The highest BCUT2D eigenvalue weighted by Crippen LogP contribution is 2.29. The van der Waals surface area contributed by atoms with Crippen LogP contribution in [-0.2, 0) is 17.6 Å². The quantitative estimate of drug-likeness (QED) is 0.338. The molecule has 1 amide bonds. The van der Waals surface area contributed by atoms with Gasteiger partial charge in [0.15, 0.2) is 5.13 Å². The minimum Gasteiger partial charge on any atom is -0.302 e. The molecule has 0 saturated heterocycles. The van der Waals surface area contributed by atoms with Gasteiger partial charge in [0.2, 0.25) is 5.91 Å². The van der Waals surface area contributed by atoms with Crippen LogP contribution >= 0.6 is 23.1 Å². The number of nitriles is 1. The molecule has 0 aliphatic heterocycles. The predicted molar refractivity (Wildman–Crippen MR) is 135 cm³/mol. The highest BCUT2D eigenvalue weighted by atomic mass is 32.2. The summed E-state index contributed by atoms with van der Waals surface area (Å²) in [5.74, 6) is 0.480. The molecule has 164 valence electrons. The molecule has 1 aliphatic rings. The minimum atomic E-state index is -0.0848. The van der Waals surface area contributed by atoms with Gasteiger partial charge in [0, 0.05) is 28.8 Å². The van der Waals surface area contributed by atoms with Gasteiger partial charge in [0.1, 0.15) is 11.1 Å². The van der Waals surface area contributed by atoms with Gasteiger partial charge in [-0.05, 0) is 54.2 Å². The number of benzene rings is 2. The number of nitrogens with one attached hydrogen (secondary N) is 1. The van der Waals surface area contributed by atoms with E-state index >= 15 is 0 Å². The molecule has 0 saturated carbocycles. The number of anilines is 1. The molecule has 0 fully saturated rings. The first kappa shape index (κ1) is 21.6. The lowest BCUT2D eigenvalue weighted by atomic mass is 9.95.